The number of benzene rings is 1. The molecular weight excluding hydrogens is 356 g/mol. The van der Waals surface area contributed by atoms with Crippen LogP contribution in [0.1, 0.15) is 22.5 Å². The fraction of sp³-hybridized carbons (Fsp3) is 0.455. The Bertz CT molecular complexity index is 820. The Morgan fingerprint density at radius 3 is 2.57 bits per heavy atom. The highest BCUT2D eigenvalue weighted by molar-refractivity contribution is 5.91. The molecule has 4 rings (SSSR count). The molecule has 2 unspecified atom stereocenters. The molecule has 148 valence electrons. The number of ether oxygens (including phenoxy) is 1. The Hall–Kier alpha value is -2.60. The third kappa shape index (κ3) is 3.56. The quantitative estimate of drug-likeness (QED) is 0.770. The second-order valence-corrected chi connectivity index (χ2v) is 7.92. The van der Waals surface area contributed by atoms with E-state index in [4.69, 9.17) is 9.15 Å². The van der Waals surface area contributed by atoms with Gasteiger partial charge in [0.1, 0.15) is 6.61 Å². The van der Waals surface area contributed by atoms with Crippen molar-refractivity contribution in [1.82, 2.24) is 9.80 Å². The second-order valence-electron chi connectivity index (χ2n) is 7.92. The number of methoxy groups -OCH3 is 1. The van der Waals surface area contributed by atoms with E-state index in [1.807, 2.05) is 15.9 Å². The van der Waals surface area contributed by atoms with Crippen LogP contribution in [0.3, 0.4) is 0 Å². The summed E-state index contributed by atoms with van der Waals surface area (Å²) in [5, 5.41) is 0. The lowest BCUT2D eigenvalue weighted by Gasteiger charge is -2.29. The van der Waals surface area contributed by atoms with Crippen molar-refractivity contribution >= 4 is 11.8 Å². The molecule has 0 N–H and O–H groups in total. The van der Waals surface area contributed by atoms with Crippen LogP contribution in [-0.4, -0.2) is 61.5 Å². The average molecular weight is 382 g/mol. The molecule has 6 heteroatoms. The summed E-state index contributed by atoms with van der Waals surface area (Å²) in [5.41, 5.74) is 1.20. The Kier molecular flexibility index (Phi) is 5.22. The highest BCUT2D eigenvalue weighted by atomic mass is 16.5. The molecule has 0 radical (unpaired) electrons. The van der Waals surface area contributed by atoms with Gasteiger partial charge in [-0.3, -0.25) is 9.59 Å². The molecule has 3 heterocycles. The molecule has 0 saturated carbocycles. The van der Waals surface area contributed by atoms with Gasteiger partial charge in [-0.25, -0.2) is 0 Å². The van der Waals surface area contributed by atoms with E-state index in [9.17, 15) is 9.59 Å². The lowest BCUT2D eigenvalue weighted by atomic mass is 9.76. The van der Waals surface area contributed by atoms with Crippen molar-refractivity contribution in [3.63, 3.8) is 0 Å². The number of nitrogens with zero attached hydrogens (tertiary/aromatic N) is 2. The minimum atomic E-state index is -0.0818. The van der Waals surface area contributed by atoms with Gasteiger partial charge < -0.3 is 19.0 Å². The molecule has 2 aliphatic heterocycles. The topological polar surface area (TPSA) is 63.0 Å². The first kappa shape index (κ1) is 18.7. The van der Waals surface area contributed by atoms with Crippen molar-refractivity contribution in [2.75, 3.05) is 39.9 Å². The molecule has 1 aromatic carbocycles. The van der Waals surface area contributed by atoms with E-state index in [0.717, 1.165) is 12.8 Å². The predicted octanol–water partition coefficient (Wildman–Crippen LogP) is 2.46. The fourth-order valence-corrected chi connectivity index (χ4v) is 4.69. The van der Waals surface area contributed by atoms with Crippen LogP contribution in [-0.2, 0) is 16.0 Å². The summed E-state index contributed by atoms with van der Waals surface area (Å²) < 4.78 is 10.4. The highest BCUT2D eigenvalue weighted by Gasteiger charge is 2.54. The van der Waals surface area contributed by atoms with Crippen molar-refractivity contribution in [3.05, 3.63) is 60.1 Å². The number of hydrogen-bond donors (Lipinski definition) is 0. The molecule has 1 aromatic heterocycles. The van der Waals surface area contributed by atoms with Gasteiger partial charge in [0.25, 0.3) is 5.91 Å². The van der Waals surface area contributed by atoms with Crippen LogP contribution in [0, 0.1) is 11.3 Å². The zero-order chi connectivity index (χ0) is 19.6. The zero-order valence-corrected chi connectivity index (χ0v) is 16.2. The predicted molar refractivity (Wildman–Crippen MR) is 104 cm³/mol. The van der Waals surface area contributed by atoms with Gasteiger partial charge >= 0.3 is 0 Å². The van der Waals surface area contributed by atoms with E-state index < -0.39 is 0 Å². The molecule has 2 atom stereocenters. The number of carbonyl (C=O) groups is 2. The summed E-state index contributed by atoms with van der Waals surface area (Å²) >= 11 is 0. The molecule has 2 aromatic rings. The van der Waals surface area contributed by atoms with Gasteiger partial charge in [-0.05, 0) is 30.5 Å². The first-order valence-electron chi connectivity index (χ1n) is 9.75. The van der Waals surface area contributed by atoms with E-state index in [-0.39, 0.29) is 29.8 Å². The molecular formula is C22H26N2O4. The van der Waals surface area contributed by atoms with Crippen LogP contribution < -0.4 is 0 Å². The maximum atomic E-state index is 12.8. The maximum Gasteiger partial charge on any atom is 0.289 e. The first-order valence-corrected chi connectivity index (χ1v) is 9.75. The van der Waals surface area contributed by atoms with Crippen molar-refractivity contribution in [2.24, 2.45) is 11.3 Å². The van der Waals surface area contributed by atoms with Gasteiger partial charge in [-0.1, -0.05) is 30.3 Å². The van der Waals surface area contributed by atoms with Gasteiger partial charge in [-0.15, -0.1) is 0 Å². The number of aryl methyl sites for hydroxylation is 1. The maximum absolute atomic E-state index is 12.8. The van der Waals surface area contributed by atoms with Crippen LogP contribution in [0.5, 0.6) is 0 Å². The highest BCUT2D eigenvalue weighted by Crippen LogP contribution is 2.46. The van der Waals surface area contributed by atoms with Crippen LogP contribution in [0.2, 0.25) is 0 Å². The summed E-state index contributed by atoms with van der Waals surface area (Å²) in [5.74, 6) is 0.620. The van der Waals surface area contributed by atoms with Gasteiger partial charge in [0.05, 0.1) is 6.26 Å². The van der Waals surface area contributed by atoms with Crippen LogP contribution in [0.4, 0.5) is 0 Å². The third-order valence-electron chi connectivity index (χ3n) is 6.15. The van der Waals surface area contributed by atoms with Gasteiger partial charge in [0.15, 0.2) is 5.76 Å². The zero-order valence-electron chi connectivity index (χ0n) is 16.2. The van der Waals surface area contributed by atoms with E-state index in [1.165, 1.54) is 11.8 Å². The van der Waals surface area contributed by atoms with E-state index in [2.05, 4.69) is 24.3 Å². The third-order valence-corrected chi connectivity index (χ3v) is 6.15. The molecule has 2 amide bonds. The Balaban J connectivity index is 1.52. The number of fused-ring (bicyclic) bond motifs is 1. The van der Waals surface area contributed by atoms with Crippen molar-refractivity contribution in [2.45, 2.75) is 12.8 Å². The lowest BCUT2D eigenvalue weighted by Crippen LogP contribution is -2.40. The largest absolute Gasteiger partial charge is 0.459 e. The number of furan rings is 1. The number of carbonyl (C=O) groups excluding carboxylic acids is 2. The summed E-state index contributed by atoms with van der Waals surface area (Å²) in [6.07, 6.45) is 3.41. The summed E-state index contributed by atoms with van der Waals surface area (Å²) in [7, 11) is 1.55. The normalized spacial score (nSPS) is 23.8. The minimum absolute atomic E-state index is 0.0277. The van der Waals surface area contributed by atoms with Crippen LogP contribution in [0.25, 0.3) is 0 Å². The molecule has 28 heavy (non-hydrogen) atoms. The Morgan fingerprint density at radius 2 is 1.86 bits per heavy atom. The van der Waals surface area contributed by atoms with E-state index >= 15 is 0 Å². The first-order chi connectivity index (χ1) is 13.6. The molecule has 2 fully saturated rings. The molecule has 0 bridgehead atoms. The van der Waals surface area contributed by atoms with Crippen LogP contribution >= 0.6 is 0 Å². The monoisotopic (exact) mass is 382 g/mol. The molecule has 0 aliphatic carbocycles. The lowest BCUT2D eigenvalue weighted by molar-refractivity contribution is -0.134. The summed E-state index contributed by atoms with van der Waals surface area (Å²) in [6.45, 7) is 2.77. The minimum Gasteiger partial charge on any atom is -0.459 e. The number of amides is 2. The van der Waals surface area contributed by atoms with Gasteiger partial charge in [0.2, 0.25) is 5.91 Å². The number of likely N-dealkylation sites (tertiary alicyclic amines) is 2. The smallest absolute Gasteiger partial charge is 0.289 e. The summed E-state index contributed by atoms with van der Waals surface area (Å²) in [6, 6.07) is 13.8. The second kappa shape index (κ2) is 7.80. The molecule has 2 aliphatic rings. The van der Waals surface area contributed by atoms with E-state index in [1.54, 1.807) is 19.2 Å². The Labute approximate surface area is 165 Å². The van der Waals surface area contributed by atoms with Crippen molar-refractivity contribution < 1.29 is 18.7 Å². The van der Waals surface area contributed by atoms with E-state index in [0.29, 0.717) is 31.9 Å². The number of hydrogen-bond acceptors (Lipinski definition) is 4. The molecule has 0 spiro atoms. The summed E-state index contributed by atoms with van der Waals surface area (Å²) in [4.78, 5) is 29.0. The fourth-order valence-electron chi connectivity index (χ4n) is 4.69. The van der Waals surface area contributed by atoms with Crippen molar-refractivity contribution in [1.29, 1.82) is 0 Å². The van der Waals surface area contributed by atoms with Crippen molar-refractivity contribution in [3.8, 4) is 0 Å². The van der Waals surface area contributed by atoms with Crippen LogP contribution in [0.15, 0.2) is 53.1 Å². The van der Waals surface area contributed by atoms with Gasteiger partial charge in [0, 0.05) is 44.6 Å². The average Bonchev–Trinajstić information content (AvgIpc) is 3.42. The molecule has 6 nitrogen and oxygen atoms in total. The molecule has 2 saturated heterocycles. The number of rotatable bonds is 6. The van der Waals surface area contributed by atoms with Gasteiger partial charge in [-0.2, -0.15) is 0 Å². The Morgan fingerprint density at radius 1 is 1.11 bits per heavy atom. The standard InChI is InChI=1S/C22H26N2O4/c1-27-14-20(25)23-12-18-13-24(21(26)19-8-5-11-28-19)16-22(18,15-23)10-9-17-6-3-2-4-7-17/h2-8,11,18H,9-10,12-16H2,1H3. The SMILES string of the molecule is COCC(=O)N1CC2CN(C(=O)c3ccco3)CC2(CCc2ccccc2)C1.